The van der Waals surface area contributed by atoms with Crippen LogP contribution in [0, 0.1) is 0 Å². The van der Waals surface area contributed by atoms with Gasteiger partial charge in [0, 0.05) is 16.1 Å². The second kappa shape index (κ2) is 14.9. The van der Waals surface area contributed by atoms with Crippen molar-refractivity contribution >= 4 is 64.5 Å². The Hall–Kier alpha value is -5.06. The average Bonchev–Trinajstić information content (AvgIpc) is 3.02. The number of halogens is 1. The number of methoxy groups -OCH3 is 1. The number of carbonyl (C=O) groups is 4. The summed E-state index contributed by atoms with van der Waals surface area (Å²) in [6.45, 7) is 1.69. The van der Waals surface area contributed by atoms with Crippen LogP contribution in [0.3, 0.4) is 0 Å². The number of nitrogens with one attached hydrogen (secondary N) is 3. The first kappa shape index (κ1) is 31.9. The second-order valence-corrected chi connectivity index (χ2v) is 11.2. The average molecular weight is 630 g/mol. The summed E-state index contributed by atoms with van der Waals surface area (Å²) in [4.78, 5) is 51.2. The van der Waals surface area contributed by atoms with Crippen LogP contribution in [0.1, 0.15) is 33.2 Å². The first-order valence-electron chi connectivity index (χ1n) is 13.3. The number of rotatable bonds is 11. The monoisotopic (exact) mass is 629 g/mol. The summed E-state index contributed by atoms with van der Waals surface area (Å²) in [7, 11) is 1.55. The van der Waals surface area contributed by atoms with Crippen molar-refractivity contribution in [1.82, 2.24) is 5.32 Å². The van der Waals surface area contributed by atoms with Crippen LogP contribution in [-0.4, -0.2) is 41.2 Å². The van der Waals surface area contributed by atoms with Crippen molar-refractivity contribution in [1.29, 1.82) is 0 Å². The Balaban J connectivity index is 1.48. The molecule has 4 N–H and O–H groups in total. The summed E-state index contributed by atoms with van der Waals surface area (Å²) in [6.07, 6.45) is 1.56. The molecule has 44 heavy (non-hydrogen) atoms. The van der Waals surface area contributed by atoms with E-state index in [0.29, 0.717) is 27.5 Å². The Labute approximate surface area is 263 Å². The quantitative estimate of drug-likeness (QED) is 0.109. The largest absolute Gasteiger partial charge is 0.497 e. The number of ether oxygens (including phenoxy) is 1. The van der Waals surface area contributed by atoms with Crippen LogP contribution in [0.4, 0.5) is 11.4 Å². The SMILES string of the molecule is COc1ccc(/C=C(/NC(=O)c2ccccc2)C(=O)Nc2cccc(SC(C)C(=O)Nc3cc(C(=O)O)ccc3Cl)c2)cc1. The highest BCUT2D eigenvalue weighted by atomic mass is 35.5. The molecule has 11 heteroatoms. The van der Waals surface area contributed by atoms with Gasteiger partial charge in [-0.3, -0.25) is 14.4 Å². The molecule has 3 amide bonds. The van der Waals surface area contributed by atoms with Gasteiger partial charge in [-0.1, -0.05) is 48.0 Å². The molecule has 0 saturated carbocycles. The van der Waals surface area contributed by atoms with Gasteiger partial charge in [-0.15, -0.1) is 11.8 Å². The predicted molar refractivity (Wildman–Crippen MR) is 172 cm³/mol. The van der Waals surface area contributed by atoms with Gasteiger partial charge in [0.2, 0.25) is 5.91 Å². The molecule has 0 aliphatic heterocycles. The molecular formula is C33H28ClN3O6S. The van der Waals surface area contributed by atoms with Crippen LogP contribution in [0.2, 0.25) is 5.02 Å². The summed E-state index contributed by atoms with van der Waals surface area (Å²) in [5, 5.41) is 17.0. The van der Waals surface area contributed by atoms with Crippen molar-refractivity contribution < 1.29 is 29.0 Å². The zero-order valence-electron chi connectivity index (χ0n) is 23.7. The number of carboxylic acid groups (broad SMARTS) is 1. The van der Waals surface area contributed by atoms with E-state index in [0.717, 1.165) is 0 Å². The Morgan fingerprint density at radius 1 is 0.864 bits per heavy atom. The van der Waals surface area contributed by atoms with E-state index in [9.17, 15) is 24.3 Å². The molecule has 0 spiro atoms. The van der Waals surface area contributed by atoms with Gasteiger partial charge in [0.15, 0.2) is 0 Å². The number of aromatic carboxylic acids is 1. The van der Waals surface area contributed by atoms with E-state index >= 15 is 0 Å². The summed E-state index contributed by atoms with van der Waals surface area (Å²) >= 11 is 7.38. The van der Waals surface area contributed by atoms with Crippen LogP contribution in [0.15, 0.2) is 108 Å². The van der Waals surface area contributed by atoms with E-state index in [1.54, 1.807) is 99.0 Å². The van der Waals surface area contributed by atoms with Gasteiger partial charge in [-0.2, -0.15) is 0 Å². The van der Waals surface area contributed by atoms with E-state index in [4.69, 9.17) is 16.3 Å². The number of benzene rings is 4. The lowest BCUT2D eigenvalue weighted by Crippen LogP contribution is -2.30. The van der Waals surface area contributed by atoms with E-state index in [2.05, 4.69) is 16.0 Å². The minimum absolute atomic E-state index is 0.00573. The Bertz CT molecular complexity index is 1710. The number of thioether (sulfide) groups is 1. The highest BCUT2D eigenvalue weighted by Crippen LogP contribution is 2.29. The number of anilines is 2. The molecule has 0 aromatic heterocycles. The molecule has 0 aliphatic rings. The third-order valence-corrected chi connectivity index (χ3v) is 7.62. The summed E-state index contributed by atoms with van der Waals surface area (Å²) < 4.78 is 5.20. The lowest BCUT2D eigenvalue weighted by Gasteiger charge is -2.15. The number of hydrogen-bond acceptors (Lipinski definition) is 6. The lowest BCUT2D eigenvalue weighted by molar-refractivity contribution is -0.115. The third kappa shape index (κ3) is 8.73. The molecule has 0 radical (unpaired) electrons. The Morgan fingerprint density at radius 2 is 1.59 bits per heavy atom. The van der Waals surface area contributed by atoms with Crippen molar-refractivity contribution in [2.75, 3.05) is 17.7 Å². The number of hydrogen-bond donors (Lipinski definition) is 4. The number of carboxylic acids is 1. The van der Waals surface area contributed by atoms with E-state index in [-0.39, 0.29) is 27.9 Å². The van der Waals surface area contributed by atoms with Gasteiger partial charge in [0.05, 0.1) is 28.6 Å². The standard InChI is InChI=1S/C33H28ClN3O6S/c1-20(30(38)36-28-18-23(33(41)42)13-16-27(28)34)44-26-10-6-9-24(19-26)35-32(40)29(17-21-11-14-25(43-2)15-12-21)37-31(39)22-7-4-3-5-8-22/h3-20H,1-2H3,(H,35,40)(H,36,38)(H,37,39)(H,41,42)/b29-17+. The van der Waals surface area contributed by atoms with Crippen molar-refractivity contribution in [3.8, 4) is 5.75 Å². The number of amides is 3. The summed E-state index contributed by atoms with van der Waals surface area (Å²) in [6, 6.07) is 26.5. The molecule has 0 fully saturated rings. The molecule has 4 aromatic carbocycles. The fraction of sp³-hybridized carbons (Fsp3) is 0.0909. The van der Waals surface area contributed by atoms with Crippen molar-refractivity contribution in [2.45, 2.75) is 17.1 Å². The van der Waals surface area contributed by atoms with Crippen molar-refractivity contribution in [3.05, 3.63) is 124 Å². The highest BCUT2D eigenvalue weighted by Gasteiger charge is 2.19. The molecule has 0 aliphatic carbocycles. The van der Waals surface area contributed by atoms with Gasteiger partial charge >= 0.3 is 5.97 Å². The Kier molecular flexibility index (Phi) is 10.8. The minimum Gasteiger partial charge on any atom is -0.497 e. The first-order chi connectivity index (χ1) is 21.1. The van der Waals surface area contributed by atoms with Gasteiger partial charge in [-0.25, -0.2) is 4.79 Å². The summed E-state index contributed by atoms with van der Waals surface area (Å²) in [5.74, 6) is -1.87. The molecule has 4 aromatic rings. The van der Waals surface area contributed by atoms with Crippen LogP contribution < -0.4 is 20.7 Å². The summed E-state index contributed by atoms with van der Waals surface area (Å²) in [5.41, 5.74) is 1.72. The topological polar surface area (TPSA) is 134 Å². The molecule has 1 unspecified atom stereocenters. The molecule has 0 bridgehead atoms. The molecule has 224 valence electrons. The Morgan fingerprint density at radius 3 is 2.27 bits per heavy atom. The van der Waals surface area contributed by atoms with Crippen LogP contribution in [0.5, 0.6) is 5.75 Å². The maximum atomic E-state index is 13.4. The fourth-order valence-electron chi connectivity index (χ4n) is 3.90. The maximum Gasteiger partial charge on any atom is 0.335 e. The molecule has 4 rings (SSSR count). The molecule has 0 saturated heterocycles. The zero-order valence-corrected chi connectivity index (χ0v) is 25.2. The van der Waals surface area contributed by atoms with Crippen LogP contribution in [0.25, 0.3) is 6.08 Å². The maximum absolute atomic E-state index is 13.4. The normalized spacial score (nSPS) is 11.7. The first-order valence-corrected chi connectivity index (χ1v) is 14.5. The molecule has 0 heterocycles. The van der Waals surface area contributed by atoms with Gasteiger partial charge in [0.25, 0.3) is 11.8 Å². The van der Waals surface area contributed by atoms with Gasteiger partial charge in [-0.05, 0) is 79.2 Å². The van der Waals surface area contributed by atoms with E-state index in [1.807, 2.05) is 0 Å². The highest BCUT2D eigenvalue weighted by molar-refractivity contribution is 8.00. The van der Waals surface area contributed by atoms with Crippen molar-refractivity contribution in [2.24, 2.45) is 0 Å². The van der Waals surface area contributed by atoms with Crippen LogP contribution in [-0.2, 0) is 9.59 Å². The predicted octanol–water partition coefficient (Wildman–Crippen LogP) is 6.58. The smallest absolute Gasteiger partial charge is 0.335 e. The van der Waals surface area contributed by atoms with Crippen molar-refractivity contribution in [3.63, 3.8) is 0 Å². The molecule has 1 atom stereocenters. The number of carbonyl (C=O) groups excluding carboxylic acids is 3. The third-order valence-electron chi connectivity index (χ3n) is 6.20. The molecule has 9 nitrogen and oxygen atoms in total. The minimum atomic E-state index is -1.14. The van der Waals surface area contributed by atoms with E-state index < -0.39 is 23.0 Å². The second-order valence-electron chi connectivity index (χ2n) is 9.38. The lowest BCUT2D eigenvalue weighted by atomic mass is 10.1. The fourth-order valence-corrected chi connectivity index (χ4v) is 4.99. The van der Waals surface area contributed by atoms with Gasteiger partial charge < -0.3 is 25.8 Å². The van der Waals surface area contributed by atoms with Crippen LogP contribution >= 0.6 is 23.4 Å². The zero-order chi connectivity index (χ0) is 31.6. The van der Waals surface area contributed by atoms with Gasteiger partial charge in [0.1, 0.15) is 11.4 Å². The van der Waals surface area contributed by atoms with E-state index in [1.165, 1.54) is 30.0 Å². The molecular weight excluding hydrogens is 602 g/mol.